The summed E-state index contributed by atoms with van der Waals surface area (Å²) in [5.41, 5.74) is 7.19. The zero-order chi connectivity index (χ0) is 14.2. The maximum atomic E-state index is 12.5. The monoisotopic (exact) mass is 270 g/mol. The van der Waals surface area contributed by atoms with Crippen LogP contribution in [0.1, 0.15) is 22.3 Å². The largest absolute Gasteiger partial charge is 0.334 e. The number of nitrogens with zero attached hydrogens (tertiary/aromatic N) is 3. The third-order valence-electron chi connectivity index (χ3n) is 2.97. The summed E-state index contributed by atoms with van der Waals surface area (Å²) in [7, 11) is 0. The number of aromatic nitrogens is 2. The van der Waals surface area contributed by atoms with Gasteiger partial charge in [-0.05, 0) is 24.6 Å². The van der Waals surface area contributed by atoms with Crippen molar-refractivity contribution in [3.05, 3.63) is 59.9 Å². The summed E-state index contributed by atoms with van der Waals surface area (Å²) in [6.07, 6.45) is 3.79. The van der Waals surface area contributed by atoms with Crippen LogP contribution in [-0.2, 0) is 6.54 Å². The van der Waals surface area contributed by atoms with Gasteiger partial charge in [-0.1, -0.05) is 30.3 Å². The first kappa shape index (κ1) is 14.1. The molecule has 2 aromatic rings. The molecule has 20 heavy (non-hydrogen) atoms. The second kappa shape index (κ2) is 7.35. The Kier molecular flexibility index (Phi) is 5.20. The van der Waals surface area contributed by atoms with Gasteiger partial charge in [-0.2, -0.15) is 10.2 Å². The van der Waals surface area contributed by atoms with Crippen molar-refractivity contribution < 1.29 is 4.79 Å². The molecule has 2 rings (SSSR count). The average molecular weight is 270 g/mol. The van der Waals surface area contributed by atoms with Gasteiger partial charge in [0.1, 0.15) is 0 Å². The van der Waals surface area contributed by atoms with Crippen molar-refractivity contribution >= 4 is 5.91 Å². The van der Waals surface area contributed by atoms with E-state index in [2.05, 4.69) is 10.2 Å². The highest BCUT2D eigenvalue weighted by molar-refractivity contribution is 5.93. The fourth-order valence-corrected chi connectivity index (χ4v) is 1.94. The van der Waals surface area contributed by atoms with E-state index in [0.717, 1.165) is 12.0 Å². The topological polar surface area (TPSA) is 72.1 Å². The van der Waals surface area contributed by atoms with Crippen molar-refractivity contribution in [1.82, 2.24) is 15.1 Å². The van der Waals surface area contributed by atoms with Crippen LogP contribution >= 0.6 is 0 Å². The highest BCUT2D eigenvalue weighted by Crippen LogP contribution is 2.09. The van der Waals surface area contributed by atoms with E-state index >= 15 is 0 Å². The fraction of sp³-hybridized carbons (Fsp3) is 0.267. The Bertz CT molecular complexity index is 530. The van der Waals surface area contributed by atoms with Gasteiger partial charge in [0.2, 0.25) is 0 Å². The lowest BCUT2D eigenvalue weighted by molar-refractivity contribution is 0.0741. The lowest BCUT2D eigenvalue weighted by Crippen LogP contribution is -2.32. The van der Waals surface area contributed by atoms with Gasteiger partial charge < -0.3 is 10.6 Å². The summed E-state index contributed by atoms with van der Waals surface area (Å²) in [6.45, 7) is 1.77. The summed E-state index contributed by atoms with van der Waals surface area (Å²) in [5, 5.41) is 7.45. The zero-order valence-corrected chi connectivity index (χ0v) is 11.3. The van der Waals surface area contributed by atoms with Crippen molar-refractivity contribution in [2.45, 2.75) is 13.0 Å². The minimum Gasteiger partial charge on any atom is -0.334 e. The van der Waals surface area contributed by atoms with Gasteiger partial charge in [0.15, 0.2) is 0 Å². The second-order valence-electron chi connectivity index (χ2n) is 4.49. The van der Waals surface area contributed by atoms with E-state index < -0.39 is 0 Å². The molecule has 5 heteroatoms. The first-order valence-electron chi connectivity index (χ1n) is 6.61. The minimum absolute atomic E-state index is 0.0443. The Morgan fingerprint density at radius 1 is 1.15 bits per heavy atom. The Labute approximate surface area is 118 Å². The van der Waals surface area contributed by atoms with Gasteiger partial charge >= 0.3 is 0 Å². The number of carbonyl (C=O) groups excluding carboxylic acids is 1. The standard InChI is InChI=1S/C15H18N4O/c16-8-4-10-19(12-13-5-2-1-3-6-13)15(20)14-7-9-17-18-11-14/h1-3,5-7,9,11H,4,8,10,12,16H2. The molecule has 1 amide bonds. The number of carbonyl (C=O) groups is 1. The number of hydrogen-bond donors (Lipinski definition) is 1. The van der Waals surface area contributed by atoms with Crippen molar-refractivity contribution in [1.29, 1.82) is 0 Å². The molecule has 0 saturated heterocycles. The quantitative estimate of drug-likeness (QED) is 0.862. The SMILES string of the molecule is NCCCN(Cc1ccccc1)C(=O)c1ccnnc1. The van der Waals surface area contributed by atoms with E-state index in [1.165, 1.54) is 12.4 Å². The van der Waals surface area contributed by atoms with E-state index in [0.29, 0.717) is 25.2 Å². The predicted molar refractivity (Wildman–Crippen MR) is 76.9 cm³/mol. The Morgan fingerprint density at radius 3 is 2.60 bits per heavy atom. The van der Waals surface area contributed by atoms with Gasteiger partial charge in [0, 0.05) is 13.1 Å². The maximum Gasteiger partial charge on any atom is 0.255 e. The van der Waals surface area contributed by atoms with Crippen LogP contribution in [0.25, 0.3) is 0 Å². The van der Waals surface area contributed by atoms with Crippen LogP contribution in [0.4, 0.5) is 0 Å². The minimum atomic E-state index is -0.0443. The number of amides is 1. The first-order valence-corrected chi connectivity index (χ1v) is 6.61. The third-order valence-corrected chi connectivity index (χ3v) is 2.97. The van der Waals surface area contributed by atoms with Gasteiger partial charge in [0.25, 0.3) is 5.91 Å². The van der Waals surface area contributed by atoms with E-state index in [-0.39, 0.29) is 5.91 Å². The van der Waals surface area contributed by atoms with Crippen molar-refractivity contribution in [3.63, 3.8) is 0 Å². The molecule has 0 radical (unpaired) electrons. The molecule has 0 aliphatic rings. The van der Waals surface area contributed by atoms with Gasteiger partial charge in [-0.3, -0.25) is 4.79 Å². The van der Waals surface area contributed by atoms with Gasteiger partial charge in [-0.15, -0.1) is 0 Å². The fourth-order valence-electron chi connectivity index (χ4n) is 1.94. The molecule has 5 nitrogen and oxygen atoms in total. The van der Waals surface area contributed by atoms with Crippen LogP contribution in [0.15, 0.2) is 48.8 Å². The lowest BCUT2D eigenvalue weighted by Gasteiger charge is -2.22. The molecule has 0 spiro atoms. The van der Waals surface area contributed by atoms with Crippen LogP contribution < -0.4 is 5.73 Å². The predicted octanol–water partition coefficient (Wildman–Crippen LogP) is 1.47. The summed E-state index contributed by atoms with van der Waals surface area (Å²) in [6, 6.07) is 11.6. The molecule has 0 atom stereocenters. The van der Waals surface area contributed by atoms with E-state index in [1.807, 2.05) is 30.3 Å². The molecule has 0 aliphatic carbocycles. The molecule has 1 aromatic heterocycles. The molecule has 0 aliphatic heterocycles. The second-order valence-corrected chi connectivity index (χ2v) is 4.49. The number of hydrogen-bond acceptors (Lipinski definition) is 4. The normalized spacial score (nSPS) is 10.2. The van der Waals surface area contributed by atoms with Crippen LogP contribution in [-0.4, -0.2) is 34.1 Å². The highest BCUT2D eigenvalue weighted by Gasteiger charge is 2.15. The first-order chi connectivity index (χ1) is 9.81. The highest BCUT2D eigenvalue weighted by atomic mass is 16.2. The van der Waals surface area contributed by atoms with Gasteiger partial charge in [0.05, 0.1) is 18.0 Å². The van der Waals surface area contributed by atoms with E-state index in [9.17, 15) is 4.79 Å². The maximum absolute atomic E-state index is 12.5. The summed E-state index contributed by atoms with van der Waals surface area (Å²) in [5.74, 6) is -0.0443. The number of benzene rings is 1. The van der Waals surface area contributed by atoms with Crippen molar-refractivity contribution in [2.24, 2.45) is 5.73 Å². The van der Waals surface area contributed by atoms with Crippen LogP contribution in [0, 0.1) is 0 Å². The molecule has 0 fully saturated rings. The van der Waals surface area contributed by atoms with Crippen LogP contribution in [0.5, 0.6) is 0 Å². The average Bonchev–Trinajstić information content (AvgIpc) is 2.52. The molecule has 1 aromatic carbocycles. The molecular formula is C15H18N4O. The smallest absolute Gasteiger partial charge is 0.255 e. The summed E-state index contributed by atoms with van der Waals surface area (Å²) < 4.78 is 0. The molecular weight excluding hydrogens is 252 g/mol. The van der Waals surface area contributed by atoms with Gasteiger partial charge in [-0.25, -0.2) is 0 Å². The Morgan fingerprint density at radius 2 is 1.95 bits per heavy atom. The number of rotatable bonds is 6. The Balaban J connectivity index is 2.13. The lowest BCUT2D eigenvalue weighted by atomic mass is 10.2. The Hall–Kier alpha value is -2.27. The molecule has 2 N–H and O–H groups in total. The molecule has 104 valence electrons. The molecule has 0 bridgehead atoms. The van der Waals surface area contributed by atoms with E-state index in [4.69, 9.17) is 5.73 Å². The summed E-state index contributed by atoms with van der Waals surface area (Å²) >= 11 is 0. The zero-order valence-electron chi connectivity index (χ0n) is 11.3. The van der Waals surface area contributed by atoms with Crippen LogP contribution in [0.3, 0.4) is 0 Å². The molecule has 1 heterocycles. The van der Waals surface area contributed by atoms with Crippen molar-refractivity contribution in [2.75, 3.05) is 13.1 Å². The molecule has 0 saturated carbocycles. The van der Waals surface area contributed by atoms with E-state index in [1.54, 1.807) is 11.0 Å². The van der Waals surface area contributed by atoms with Crippen LogP contribution in [0.2, 0.25) is 0 Å². The van der Waals surface area contributed by atoms with Crippen molar-refractivity contribution in [3.8, 4) is 0 Å². The third kappa shape index (κ3) is 3.86. The molecule has 0 unspecified atom stereocenters. The number of nitrogens with two attached hydrogens (primary N) is 1. The summed E-state index contributed by atoms with van der Waals surface area (Å²) in [4.78, 5) is 14.3.